The van der Waals surface area contributed by atoms with Crippen LogP contribution < -0.4 is 0 Å². The van der Waals surface area contributed by atoms with Gasteiger partial charge in [-0.2, -0.15) is 5.26 Å². The highest BCUT2D eigenvalue weighted by Gasteiger charge is 2.16. The highest BCUT2D eigenvalue weighted by atomic mass is 16.1. The number of rotatable bonds is 6. The van der Waals surface area contributed by atoms with E-state index in [0.717, 1.165) is 12.8 Å². The van der Waals surface area contributed by atoms with Gasteiger partial charge in [0.2, 0.25) is 0 Å². The molecule has 1 unspecified atom stereocenters. The predicted octanol–water partition coefficient (Wildman–Crippen LogP) is 3.44. The number of Topliss-reactive ketones (excluding diaryl/α,β-unsaturated/α-hetero) is 1. The zero-order valence-electron chi connectivity index (χ0n) is 10.6. The molecule has 17 heavy (non-hydrogen) atoms. The molecule has 0 N–H and O–H groups in total. The maximum Gasteiger partial charge on any atom is 0.150 e. The molecule has 2 nitrogen and oxygen atoms in total. The summed E-state index contributed by atoms with van der Waals surface area (Å²) in [5.74, 6) is -0.333. The number of nitrogens with zero attached hydrogens (tertiary/aromatic N) is 1. The summed E-state index contributed by atoms with van der Waals surface area (Å²) in [6.07, 6.45) is 2.78. The molecule has 0 fully saturated rings. The van der Waals surface area contributed by atoms with Crippen LogP contribution in [0.4, 0.5) is 0 Å². The first-order chi connectivity index (χ1) is 8.17. The Balaban J connectivity index is 2.50. The maximum atomic E-state index is 11.8. The van der Waals surface area contributed by atoms with Crippen molar-refractivity contribution in [2.75, 3.05) is 0 Å². The first-order valence-electron chi connectivity index (χ1n) is 6.15. The van der Waals surface area contributed by atoms with Crippen LogP contribution in [0.3, 0.4) is 0 Å². The van der Waals surface area contributed by atoms with Crippen molar-refractivity contribution >= 4 is 5.78 Å². The number of aryl methyl sites for hydroxylation is 2. The van der Waals surface area contributed by atoms with E-state index in [1.54, 1.807) is 0 Å². The van der Waals surface area contributed by atoms with Crippen molar-refractivity contribution in [2.24, 2.45) is 5.92 Å². The summed E-state index contributed by atoms with van der Waals surface area (Å²) < 4.78 is 0. The molecule has 0 amide bonds. The summed E-state index contributed by atoms with van der Waals surface area (Å²) in [5.41, 5.74) is 2.38. The van der Waals surface area contributed by atoms with Gasteiger partial charge in [0.1, 0.15) is 11.7 Å². The van der Waals surface area contributed by atoms with Crippen LogP contribution in [0.5, 0.6) is 0 Å². The van der Waals surface area contributed by atoms with Crippen molar-refractivity contribution in [3.63, 3.8) is 0 Å². The number of nitriles is 1. The quantitative estimate of drug-likeness (QED) is 0.749. The normalized spacial score (nSPS) is 11.8. The first-order valence-corrected chi connectivity index (χ1v) is 6.15. The molecule has 0 heterocycles. The molecule has 90 valence electrons. The van der Waals surface area contributed by atoms with E-state index < -0.39 is 5.92 Å². The second-order valence-corrected chi connectivity index (χ2v) is 4.43. The minimum absolute atomic E-state index is 0.0795. The second kappa shape index (κ2) is 6.85. The van der Waals surface area contributed by atoms with Gasteiger partial charge in [-0.25, -0.2) is 0 Å². The molecule has 0 aromatic heterocycles. The van der Waals surface area contributed by atoms with Crippen LogP contribution in [-0.4, -0.2) is 5.78 Å². The van der Waals surface area contributed by atoms with Gasteiger partial charge in [-0.05, 0) is 25.3 Å². The fourth-order valence-electron chi connectivity index (χ4n) is 1.90. The lowest BCUT2D eigenvalue weighted by Crippen LogP contribution is -2.13. The minimum Gasteiger partial charge on any atom is -0.298 e. The topological polar surface area (TPSA) is 40.9 Å². The monoisotopic (exact) mass is 229 g/mol. The lowest BCUT2D eigenvalue weighted by atomic mass is 9.95. The highest BCUT2D eigenvalue weighted by Crippen LogP contribution is 2.12. The van der Waals surface area contributed by atoms with Crippen molar-refractivity contribution in [2.45, 2.75) is 39.5 Å². The van der Waals surface area contributed by atoms with Gasteiger partial charge in [0, 0.05) is 6.42 Å². The van der Waals surface area contributed by atoms with E-state index in [1.165, 1.54) is 11.1 Å². The fraction of sp³-hybridized carbons (Fsp3) is 0.467. The summed E-state index contributed by atoms with van der Waals surface area (Å²) in [7, 11) is 0. The number of ketones is 1. The van der Waals surface area contributed by atoms with Gasteiger partial charge in [-0.3, -0.25) is 4.79 Å². The lowest BCUT2D eigenvalue weighted by Gasteiger charge is -2.06. The molecular weight excluding hydrogens is 210 g/mol. The molecule has 1 rings (SSSR count). The third-order valence-electron chi connectivity index (χ3n) is 2.86. The Hall–Kier alpha value is -1.62. The second-order valence-electron chi connectivity index (χ2n) is 4.43. The molecule has 0 aliphatic rings. The number of carbonyl (C=O) groups is 1. The van der Waals surface area contributed by atoms with Crippen molar-refractivity contribution in [1.82, 2.24) is 0 Å². The van der Waals surface area contributed by atoms with E-state index in [9.17, 15) is 4.79 Å². The Kier molecular flexibility index (Phi) is 5.42. The maximum absolute atomic E-state index is 11.8. The molecule has 0 radical (unpaired) electrons. The van der Waals surface area contributed by atoms with E-state index in [1.807, 2.05) is 32.0 Å². The molecular formula is C15H19NO. The Labute approximate surface area is 103 Å². The summed E-state index contributed by atoms with van der Waals surface area (Å²) in [6.45, 7) is 4.04. The minimum atomic E-state index is -0.412. The molecule has 0 aliphatic carbocycles. The van der Waals surface area contributed by atoms with Gasteiger partial charge < -0.3 is 0 Å². The smallest absolute Gasteiger partial charge is 0.150 e. The third-order valence-corrected chi connectivity index (χ3v) is 2.86. The van der Waals surface area contributed by atoms with Crippen LogP contribution >= 0.6 is 0 Å². The average molecular weight is 229 g/mol. The van der Waals surface area contributed by atoms with Gasteiger partial charge in [-0.15, -0.1) is 0 Å². The zero-order valence-corrected chi connectivity index (χ0v) is 10.6. The molecule has 1 atom stereocenters. The number of hydrogen-bond donors (Lipinski definition) is 0. The van der Waals surface area contributed by atoms with Crippen molar-refractivity contribution < 1.29 is 4.79 Å². The largest absolute Gasteiger partial charge is 0.298 e. The van der Waals surface area contributed by atoms with Gasteiger partial charge in [-0.1, -0.05) is 43.2 Å². The van der Waals surface area contributed by atoms with E-state index in [2.05, 4.69) is 12.1 Å². The summed E-state index contributed by atoms with van der Waals surface area (Å²) in [6, 6.07) is 10.3. The fourth-order valence-corrected chi connectivity index (χ4v) is 1.90. The molecule has 0 saturated heterocycles. The molecule has 0 spiro atoms. The SMILES string of the molecule is CCCC(C#N)C(=O)CCc1cccc(C)c1. The van der Waals surface area contributed by atoms with E-state index >= 15 is 0 Å². The van der Waals surface area contributed by atoms with Gasteiger partial charge >= 0.3 is 0 Å². The van der Waals surface area contributed by atoms with Crippen molar-refractivity contribution in [1.29, 1.82) is 5.26 Å². The highest BCUT2D eigenvalue weighted by molar-refractivity contribution is 5.83. The van der Waals surface area contributed by atoms with Crippen LogP contribution in [0.15, 0.2) is 24.3 Å². The van der Waals surface area contributed by atoms with Crippen LogP contribution in [0.2, 0.25) is 0 Å². The van der Waals surface area contributed by atoms with E-state index in [-0.39, 0.29) is 5.78 Å². The van der Waals surface area contributed by atoms with Gasteiger partial charge in [0.25, 0.3) is 0 Å². The van der Waals surface area contributed by atoms with Crippen molar-refractivity contribution in [3.8, 4) is 6.07 Å². The molecule has 1 aromatic rings. The molecule has 0 saturated carbocycles. The first kappa shape index (κ1) is 13.4. The van der Waals surface area contributed by atoms with Crippen LogP contribution in [0.25, 0.3) is 0 Å². The van der Waals surface area contributed by atoms with E-state index in [0.29, 0.717) is 12.8 Å². The molecule has 0 aliphatic heterocycles. The number of carbonyl (C=O) groups excluding carboxylic acids is 1. The molecule has 0 bridgehead atoms. The summed E-state index contributed by atoms with van der Waals surface area (Å²) in [4.78, 5) is 11.8. The Bertz CT molecular complexity index is 417. The van der Waals surface area contributed by atoms with Crippen LogP contribution in [0, 0.1) is 24.2 Å². The van der Waals surface area contributed by atoms with E-state index in [4.69, 9.17) is 5.26 Å². The van der Waals surface area contributed by atoms with Crippen molar-refractivity contribution in [3.05, 3.63) is 35.4 Å². The molecule has 1 aromatic carbocycles. The zero-order chi connectivity index (χ0) is 12.7. The van der Waals surface area contributed by atoms with Gasteiger partial charge in [0.15, 0.2) is 0 Å². The Morgan fingerprint density at radius 2 is 2.24 bits per heavy atom. The number of benzene rings is 1. The Morgan fingerprint density at radius 3 is 2.82 bits per heavy atom. The average Bonchev–Trinajstić information content (AvgIpc) is 2.33. The van der Waals surface area contributed by atoms with Crippen LogP contribution in [0.1, 0.15) is 37.3 Å². The summed E-state index contributed by atoms with van der Waals surface area (Å²) >= 11 is 0. The third kappa shape index (κ3) is 4.40. The Morgan fingerprint density at radius 1 is 1.47 bits per heavy atom. The standard InChI is InChI=1S/C15H19NO/c1-3-5-14(11-16)15(17)9-8-13-7-4-6-12(2)10-13/h4,6-7,10,14H,3,5,8-9H2,1-2H3. The predicted molar refractivity (Wildman–Crippen MR) is 68.5 cm³/mol. The summed E-state index contributed by atoms with van der Waals surface area (Å²) in [5, 5.41) is 8.90. The molecule has 2 heteroatoms. The lowest BCUT2D eigenvalue weighted by molar-refractivity contribution is -0.121. The van der Waals surface area contributed by atoms with Gasteiger partial charge in [0.05, 0.1) is 6.07 Å². The van der Waals surface area contributed by atoms with Crippen LogP contribution in [-0.2, 0) is 11.2 Å². The number of hydrogen-bond acceptors (Lipinski definition) is 2.